The predicted molar refractivity (Wildman–Crippen MR) is 86.0 cm³/mol. The molecule has 1 aromatic rings. The Morgan fingerprint density at radius 3 is 2.30 bits per heavy atom. The Kier molecular flexibility index (Phi) is 5.58. The van der Waals surface area contributed by atoms with Crippen LogP contribution in [0, 0.1) is 0 Å². The molecule has 112 valence electrons. The lowest BCUT2D eigenvalue weighted by Gasteiger charge is -2.45. The van der Waals surface area contributed by atoms with Crippen LogP contribution in [-0.2, 0) is 0 Å². The number of hydrogen-bond donors (Lipinski definition) is 1. The van der Waals surface area contributed by atoms with Crippen LogP contribution in [0.4, 0.5) is 0 Å². The molecule has 1 N–H and O–H groups in total. The van der Waals surface area contributed by atoms with E-state index < -0.39 is 0 Å². The molecular weight excluding hydrogens is 246 g/mol. The van der Waals surface area contributed by atoms with Crippen molar-refractivity contribution >= 4 is 0 Å². The van der Waals surface area contributed by atoms with Gasteiger partial charge in [0.05, 0.1) is 0 Å². The summed E-state index contributed by atoms with van der Waals surface area (Å²) in [6.45, 7) is 11.2. The van der Waals surface area contributed by atoms with Crippen LogP contribution in [0.5, 0.6) is 0 Å². The van der Waals surface area contributed by atoms with Crippen LogP contribution in [-0.4, -0.2) is 55.1 Å². The Hall–Kier alpha value is -0.900. The van der Waals surface area contributed by atoms with Crippen molar-refractivity contribution in [3.05, 3.63) is 35.9 Å². The molecule has 2 rings (SSSR count). The van der Waals surface area contributed by atoms with Crippen LogP contribution in [0.2, 0.25) is 0 Å². The first-order valence-corrected chi connectivity index (χ1v) is 7.85. The van der Waals surface area contributed by atoms with E-state index in [0.29, 0.717) is 18.1 Å². The van der Waals surface area contributed by atoms with Gasteiger partial charge in [0.1, 0.15) is 0 Å². The molecule has 1 heterocycles. The van der Waals surface area contributed by atoms with Crippen LogP contribution in [0.1, 0.15) is 32.4 Å². The molecular formula is C17H29N3. The number of hydrogen-bond acceptors (Lipinski definition) is 3. The molecule has 1 saturated heterocycles. The molecule has 3 atom stereocenters. The minimum Gasteiger partial charge on any atom is -0.315 e. The van der Waals surface area contributed by atoms with Gasteiger partial charge in [-0.15, -0.1) is 0 Å². The first-order chi connectivity index (χ1) is 9.63. The van der Waals surface area contributed by atoms with Gasteiger partial charge in [-0.25, -0.2) is 0 Å². The molecule has 0 amide bonds. The third-order valence-electron chi connectivity index (χ3n) is 4.60. The van der Waals surface area contributed by atoms with E-state index in [2.05, 4.69) is 73.3 Å². The smallest absolute Gasteiger partial charge is 0.0473 e. The fraction of sp³-hybridized carbons (Fsp3) is 0.647. The molecule has 0 bridgehead atoms. The lowest BCUT2D eigenvalue weighted by atomic mass is 10.0. The van der Waals surface area contributed by atoms with Crippen molar-refractivity contribution in [2.45, 2.75) is 38.9 Å². The number of nitrogens with zero attached hydrogens (tertiary/aromatic N) is 2. The van der Waals surface area contributed by atoms with Crippen molar-refractivity contribution < 1.29 is 0 Å². The van der Waals surface area contributed by atoms with Crippen molar-refractivity contribution in [3.63, 3.8) is 0 Å². The summed E-state index contributed by atoms with van der Waals surface area (Å²) in [5.74, 6) is 0. The molecule has 1 aliphatic rings. The number of benzene rings is 1. The molecule has 0 spiro atoms. The maximum absolute atomic E-state index is 3.53. The van der Waals surface area contributed by atoms with E-state index in [1.165, 1.54) is 5.56 Å². The highest BCUT2D eigenvalue weighted by atomic mass is 15.3. The zero-order valence-corrected chi connectivity index (χ0v) is 13.3. The van der Waals surface area contributed by atoms with E-state index in [0.717, 1.165) is 26.2 Å². The average Bonchev–Trinajstić information content (AvgIpc) is 2.46. The van der Waals surface area contributed by atoms with Gasteiger partial charge in [-0.05, 0) is 33.0 Å². The SMILES string of the molecule is CCNCC(c1ccccc1)N1CC(C)N(C)C(C)C1. The molecule has 3 heteroatoms. The molecule has 0 saturated carbocycles. The molecule has 0 radical (unpaired) electrons. The zero-order chi connectivity index (χ0) is 14.5. The lowest BCUT2D eigenvalue weighted by Crippen LogP contribution is -2.56. The van der Waals surface area contributed by atoms with Gasteiger partial charge in [-0.3, -0.25) is 9.80 Å². The van der Waals surface area contributed by atoms with Gasteiger partial charge < -0.3 is 5.32 Å². The highest BCUT2D eigenvalue weighted by molar-refractivity contribution is 5.20. The van der Waals surface area contributed by atoms with Crippen LogP contribution in [0.15, 0.2) is 30.3 Å². The van der Waals surface area contributed by atoms with Crippen LogP contribution in [0.25, 0.3) is 0 Å². The van der Waals surface area contributed by atoms with Crippen molar-refractivity contribution in [1.29, 1.82) is 0 Å². The third kappa shape index (κ3) is 3.60. The topological polar surface area (TPSA) is 18.5 Å². The second-order valence-electron chi connectivity index (χ2n) is 6.05. The molecule has 0 aromatic heterocycles. The molecule has 3 unspecified atom stereocenters. The van der Waals surface area contributed by atoms with E-state index in [1.54, 1.807) is 0 Å². The Morgan fingerprint density at radius 1 is 1.15 bits per heavy atom. The first kappa shape index (κ1) is 15.5. The van der Waals surface area contributed by atoms with E-state index in [4.69, 9.17) is 0 Å². The molecule has 1 aliphatic heterocycles. The maximum Gasteiger partial charge on any atom is 0.0473 e. The summed E-state index contributed by atoms with van der Waals surface area (Å²) < 4.78 is 0. The Morgan fingerprint density at radius 2 is 1.75 bits per heavy atom. The molecule has 1 fully saturated rings. The van der Waals surface area contributed by atoms with Gasteiger partial charge in [0.25, 0.3) is 0 Å². The summed E-state index contributed by atoms with van der Waals surface area (Å²) in [4.78, 5) is 5.14. The van der Waals surface area contributed by atoms with Gasteiger partial charge in [0, 0.05) is 37.8 Å². The van der Waals surface area contributed by atoms with Crippen LogP contribution >= 0.6 is 0 Å². The van der Waals surface area contributed by atoms with Gasteiger partial charge >= 0.3 is 0 Å². The summed E-state index contributed by atoms with van der Waals surface area (Å²) in [5, 5.41) is 3.53. The second-order valence-corrected chi connectivity index (χ2v) is 6.05. The van der Waals surface area contributed by atoms with Gasteiger partial charge in [-0.1, -0.05) is 37.3 Å². The summed E-state index contributed by atoms with van der Waals surface area (Å²) >= 11 is 0. The fourth-order valence-electron chi connectivity index (χ4n) is 3.11. The normalized spacial score (nSPS) is 26.6. The summed E-state index contributed by atoms with van der Waals surface area (Å²) in [6, 6.07) is 12.6. The van der Waals surface area contributed by atoms with Crippen LogP contribution in [0.3, 0.4) is 0 Å². The Bertz CT molecular complexity index is 380. The minimum absolute atomic E-state index is 0.481. The monoisotopic (exact) mass is 275 g/mol. The van der Waals surface area contributed by atoms with E-state index in [-0.39, 0.29) is 0 Å². The van der Waals surface area contributed by atoms with Crippen molar-refractivity contribution in [3.8, 4) is 0 Å². The van der Waals surface area contributed by atoms with E-state index in [9.17, 15) is 0 Å². The number of rotatable bonds is 5. The van der Waals surface area contributed by atoms with Crippen molar-refractivity contribution in [1.82, 2.24) is 15.1 Å². The largest absolute Gasteiger partial charge is 0.315 e. The zero-order valence-electron chi connectivity index (χ0n) is 13.3. The van der Waals surface area contributed by atoms with Gasteiger partial charge in [-0.2, -0.15) is 0 Å². The molecule has 0 aliphatic carbocycles. The van der Waals surface area contributed by atoms with E-state index >= 15 is 0 Å². The fourth-order valence-corrected chi connectivity index (χ4v) is 3.11. The minimum atomic E-state index is 0.481. The van der Waals surface area contributed by atoms with E-state index in [1.807, 2.05) is 0 Å². The quantitative estimate of drug-likeness (QED) is 0.890. The highest BCUT2D eigenvalue weighted by Gasteiger charge is 2.31. The predicted octanol–water partition coefficient (Wildman–Crippen LogP) is 2.36. The lowest BCUT2D eigenvalue weighted by molar-refractivity contribution is 0.0331. The molecule has 1 aromatic carbocycles. The third-order valence-corrected chi connectivity index (χ3v) is 4.60. The van der Waals surface area contributed by atoms with Gasteiger partial charge in [0.15, 0.2) is 0 Å². The van der Waals surface area contributed by atoms with Crippen molar-refractivity contribution in [2.75, 3.05) is 33.2 Å². The number of nitrogens with one attached hydrogen (secondary N) is 1. The summed E-state index contributed by atoms with van der Waals surface area (Å²) in [7, 11) is 2.24. The summed E-state index contributed by atoms with van der Waals surface area (Å²) in [6.07, 6.45) is 0. The Labute approximate surface area is 124 Å². The first-order valence-electron chi connectivity index (χ1n) is 7.85. The van der Waals surface area contributed by atoms with Crippen molar-refractivity contribution in [2.24, 2.45) is 0 Å². The second kappa shape index (κ2) is 7.21. The Balaban J connectivity index is 2.14. The average molecular weight is 275 g/mol. The summed E-state index contributed by atoms with van der Waals surface area (Å²) in [5.41, 5.74) is 1.43. The highest BCUT2D eigenvalue weighted by Crippen LogP contribution is 2.25. The van der Waals surface area contributed by atoms with Gasteiger partial charge in [0.2, 0.25) is 0 Å². The standard InChI is InChI=1S/C17H29N3/c1-5-18-11-17(16-9-7-6-8-10-16)20-12-14(2)19(4)15(3)13-20/h6-10,14-15,17-18H,5,11-13H2,1-4H3. The molecule has 3 nitrogen and oxygen atoms in total. The maximum atomic E-state index is 3.53. The van der Waals surface area contributed by atoms with Crippen LogP contribution < -0.4 is 5.32 Å². The number of piperazine rings is 1. The number of likely N-dealkylation sites (N-methyl/N-ethyl adjacent to an activating group) is 2. The molecule has 20 heavy (non-hydrogen) atoms.